The minimum absolute atomic E-state index is 0.0956. The van der Waals surface area contributed by atoms with E-state index in [9.17, 15) is 4.39 Å². The predicted molar refractivity (Wildman–Crippen MR) is 80.3 cm³/mol. The molecule has 0 saturated heterocycles. The van der Waals surface area contributed by atoms with E-state index in [1.807, 2.05) is 14.1 Å². The van der Waals surface area contributed by atoms with Crippen LogP contribution in [0, 0.1) is 5.82 Å². The number of likely N-dealkylation sites (N-methyl/N-ethyl adjacent to an activating group) is 2. The number of benzene rings is 1. The molecule has 0 aromatic heterocycles. The van der Waals surface area contributed by atoms with Crippen LogP contribution >= 0.6 is 11.6 Å². The van der Waals surface area contributed by atoms with Gasteiger partial charge in [-0.1, -0.05) is 24.6 Å². The molecule has 1 N–H and O–H groups in total. The van der Waals surface area contributed by atoms with Gasteiger partial charge in [0.1, 0.15) is 5.82 Å². The van der Waals surface area contributed by atoms with Crippen molar-refractivity contribution in [3.05, 3.63) is 34.6 Å². The van der Waals surface area contributed by atoms with E-state index in [0.29, 0.717) is 17.0 Å². The van der Waals surface area contributed by atoms with Gasteiger partial charge in [-0.05, 0) is 53.0 Å². The zero-order valence-electron chi connectivity index (χ0n) is 12.4. The molecule has 19 heavy (non-hydrogen) atoms. The van der Waals surface area contributed by atoms with Gasteiger partial charge in [0.2, 0.25) is 0 Å². The molecule has 0 radical (unpaired) electrons. The molecule has 1 aromatic carbocycles. The number of hydrogen-bond acceptors (Lipinski definition) is 2. The largest absolute Gasteiger partial charge is 0.312 e. The number of nitrogens with one attached hydrogen (secondary N) is 1. The van der Waals surface area contributed by atoms with Gasteiger partial charge in [0.15, 0.2) is 0 Å². The number of nitrogens with zero attached hydrogens (tertiary/aromatic N) is 1. The summed E-state index contributed by atoms with van der Waals surface area (Å²) in [4.78, 5) is 2.15. The second kappa shape index (κ2) is 6.69. The van der Waals surface area contributed by atoms with E-state index in [4.69, 9.17) is 11.6 Å². The molecular formula is C15H24ClFN2. The lowest BCUT2D eigenvalue weighted by atomic mass is 9.88. The van der Waals surface area contributed by atoms with Gasteiger partial charge < -0.3 is 10.2 Å². The summed E-state index contributed by atoms with van der Waals surface area (Å²) in [5, 5.41) is 3.94. The molecule has 0 aliphatic carbocycles. The summed E-state index contributed by atoms with van der Waals surface area (Å²) in [6.07, 6.45) is 0.574. The van der Waals surface area contributed by atoms with Crippen LogP contribution in [0.2, 0.25) is 5.02 Å². The van der Waals surface area contributed by atoms with Gasteiger partial charge in [-0.2, -0.15) is 0 Å². The average Bonchev–Trinajstić information content (AvgIpc) is 2.32. The van der Waals surface area contributed by atoms with Crippen LogP contribution in [-0.4, -0.2) is 37.1 Å². The van der Waals surface area contributed by atoms with Crippen LogP contribution in [0.5, 0.6) is 0 Å². The molecule has 2 nitrogen and oxygen atoms in total. The number of rotatable bonds is 6. The van der Waals surface area contributed by atoms with E-state index in [0.717, 1.165) is 6.54 Å². The lowest BCUT2D eigenvalue weighted by Crippen LogP contribution is -2.56. The van der Waals surface area contributed by atoms with Gasteiger partial charge in [0, 0.05) is 22.2 Å². The van der Waals surface area contributed by atoms with Crippen molar-refractivity contribution in [2.45, 2.75) is 38.8 Å². The van der Waals surface area contributed by atoms with Crippen molar-refractivity contribution < 1.29 is 4.39 Å². The molecule has 108 valence electrons. The normalized spacial score (nSPS) is 13.9. The summed E-state index contributed by atoms with van der Waals surface area (Å²) in [6, 6.07) is 4.97. The highest BCUT2D eigenvalue weighted by atomic mass is 35.5. The van der Waals surface area contributed by atoms with Crippen molar-refractivity contribution in [3.8, 4) is 0 Å². The van der Waals surface area contributed by atoms with Gasteiger partial charge in [-0.15, -0.1) is 0 Å². The van der Waals surface area contributed by atoms with Crippen LogP contribution in [-0.2, 0) is 6.42 Å². The van der Waals surface area contributed by atoms with Crippen molar-refractivity contribution in [3.63, 3.8) is 0 Å². The first kappa shape index (κ1) is 16.4. The molecule has 4 heteroatoms. The lowest BCUT2D eigenvalue weighted by Gasteiger charge is -2.41. The minimum atomic E-state index is -0.232. The van der Waals surface area contributed by atoms with Gasteiger partial charge >= 0.3 is 0 Å². The highest BCUT2D eigenvalue weighted by molar-refractivity contribution is 6.31. The monoisotopic (exact) mass is 286 g/mol. The fraction of sp³-hybridized carbons (Fsp3) is 0.600. The fourth-order valence-corrected chi connectivity index (χ4v) is 2.30. The Morgan fingerprint density at radius 3 is 2.47 bits per heavy atom. The van der Waals surface area contributed by atoms with Crippen LogP contribution < -0.4 is 5.32 Å². The smallest absolute Gasteiger partial charge is 0.127 e. The molecular weight excluding hydrogens is 263 g/mol. The molecule has 0 aliphatic rings. The molecule has 0 aliphatic heterocycles. The van der Waals surface area contributed by atoms with Crippen molar-refractivity contribution in [1.29, 1.82) is 0 Å². The van der Waals surface area contributed by atoms with E-state index in [1.54, 1.807) is 12.1 Å². The first-order valence-corrected chi connectivity index (χ1v) is 7.02. The van der Waals surface area contributed by atoms with Crippen molar-refractivity contribution in [1.82, 2.24) is 10.2 Å². The number of hydrogen-bond donors (Lipinski definition) is 1. The molecule has 0 saturated carbocycles. The molecule has 0 amide bonds. The zero-order chi connectivity index (χ0) is 14.6. The summed E-state index contributed by atoms with van der Waals surface area (Å²) in [5.41, 5.74) is 0.492. The third kappa shape index (κ3) is 3.91. The standard InChI is InChI=1S/C15H24ClFN2/c1-6-18-14(15(2,3)19(4)5)10-11-12(16)8-7-9-13(11)17/h7-9,14,18H,6,10H2,1-5H3. The van der Waals surface area contributed by atoms with Gasteiger partial charge in [-0.3, -0.25) is 0 Å². The second-order valence-electron chi connectivity index (χ2n) is 5.56. The summed E-state index contributed by atoms with van der Waals surface area (Å²) in [6.45, 7) is 7.19. The number of halogens is 2. The minimum Gasteiger partial charge on any atom is -0.312 e. The van der Waals surface area contributed by atoms with Crippen LogP contribution in [0.4, 0.5) is 4.39 Å². The molecule has 1 rings (SSSR count). The Hall–Kier alpha value is -0.640. The predicted octanol–water partition coefficient (Wildman–Crippen LogP) is 3.34. The highest BCUT2D eigenvalue weighted by Gasteiger charge is 2.32. The van der Waals surface area contributed by atoms with Crippen LogP contribution in [0.15, 0.2) is 18.2 Å². The first-order valence-electron chi connectivity index (χ1n) is 6.64. The summed E-state index contributed by atoms with van der Waals surface area (Å²) < 4.78 is 13.9. The van der Waals surface area contributed by atoms with Gasteiger partial charge in [0.05, 0.1) is 0 Å². The summed E-state index contributed by atoms with van der Waals surface area (Å²) in [5.74, 6) is -0.232. The molecule has 1 aromatic rings. The highest BCUT2D eigenvalue weighted by Crippen LogP contribution is 2.25. The maximum absolute atomic E-state index is 13.9. The van der Waals surface area contributed by atoms with E-state index in [1.165, 1.54) is 6.07 Å². The zero-order valence-corrected chi connectivity index (χ0v) is 13.2. The van der Waals surface area contributed by atoms with E-state index < -0.39 is 0 Å². The van der Waals surface area contributed by atoms with Crippen LogP contribution in [0.3, 0.4) is 0 Å². The Kier molecular flexibility index (Phi) is 5.78. The van der Waals surface area contributed by atoms with Crippen molar-refractivity contribution in [2.24, 2.45) is 0 Å². The molecule has 0 fully saturated rings. The SMILES string of the molecule is CCNC(Cc1c(F)cccc1Cl)C(C)(C)N(C)C. The van der Waals surface area contributed by atoms with Gasteiger partial charge in [-0.25, -0.2) is 4.39 Å². The summed E-state index contributed by atoms with van der Waals surface area (Å²) in [7, 11) is 4.07. The van der Waals surface area contributed by atoms with E-state index >= 15 is 0 Å². The van der Waals surface area contributed by atoms with E-state index in [-0.39, 0.29) is 17.4 Å². The third-order valence-corrected chi connectivity index (χ3v) is 4.28. The van der Waals surface area contributed by atoms with E-state index in [2.05, 4.69) is 31.0 Å². The quantitative estimate of drug-likeness (QED) is 0.863. The second-order valence-corrected chi connectivity index (χ2v) is 5.97. The average molecular weight is 287 g/mol. The topological polar surface area (TPSA) is 15.3 Å². The third-order valence-electron chi connectivity index (χ3n) is 3.93. The fourth-order valence-electron chi connectivity index (χ4n) is 2.06. The van der Waals surface area contributed by atoms with Gasteiger partial charge in [0.25, 0.3) is 0 Å². The first-order chi connectivity index (χ1) is 8.80. The lowest BCUT2D eigenvalue weighted by molar-refractivity contribution is 0.137. The molecule has 0 heterocycles. The Bertz CT molecular complexity index is 398. The Labute approximate surface area is 120 Å². The Morgan fingerprint density at radius 2 is 2.00 bits per heavy atom. The maximum atomic E-state index is 13.9. The van der Waals surface area contributed by atoms with Crippen LogP contribution in [0.1, 0.15) is 26.3 Å². The molecule has 1 atom stereocenters. The molecule has 1 unspecified atom stereocenters. The maximum Gasteiger partial charge on any atom is 0.127 e. The Balaban J connectivity index is 3.03. The van der Waals surface area contributed by atoms with Crippen molar-refractivity contribution >= 4 is 11.6 Å². The summed E-state index contributed by atoms with van der Waals surface area (Å²) >= 11 is 6.12. The van der Waals surface area contributed by atoms with Crippen LogP contribution in [0.25, 0.3) is 0 Å². The molecule has 0 bridgehead atoms. The van der Waals surface area contributed by atoms with Crippen molar-refractivity contribution in [2.75, 3.05) is 20.6 Å². The Morgan fingerprint density at radius 1 is 1.37 bits per heavy atom. The molecule has 0 spiro atoms.